The summed E-state index contributed by atoms with van der Waals surface area (Å²) in [6, 6.07) is 2.37. The highest BCUT2D eigenvalue weighted by Crippen LogP contribution is 2.35. The predicted molar refractivity (Wildman–Crippen MR) is 84.3 cm³/mol. The molecule has 0 aromatic heterocycles. The minimum absolute atomic E-state index is 0.237. The maximum Gasteiger partial charge on any atom is 0.299 e. The summed E-state index contributed by atoms with van der Waals surface area (Å²) >= 11 is 6.61. The highest BCUT2D eigenvalue weighted by molar-refractivity contribution is 9.09. The highest BCUT2D eigenvalue weighted by Gasteiger charge is 2.25. The van der Waals surface area contributed by atoms with Gasteiger partial charge in [0.05, 0.1) is 15.9 Å². The Hall–Kier alpha value is -1.22. The number of halogens is 2. The zero-order valence-electron chi connectivity index (χ0n) is 10.7. The van der Waals surface area contributed by atoms with Crippen molar-refractivity contribution in [1.82, 2.24) is 0 Å². The van der Waals surface area contributed by atoms with Gasteiger partial charge in [-0.05, 0) is 12.5 Å². The minimum atomic E-state index is -0.622. The van der Waals surface area contributed by atoms with E-state index in [0.717, 1.165) is 6.07 Å². The third kappa shape index (κ3) is 3.89. The summed E-state index contributed by atoms with van der Waals surface area (Å²) in [5, 5.41) is 23.3. The molecule has 0 amide bonds. The fourth-order valence-electron chi connectivity index (χ4n) is 1.94. The van der Waals surface area contributed by atoms with Gasteiger partial charge in [0.1, 0.15) is 5.69 Å². The van der Waals surface area contributed by atoms with E-state index in [1.165, 1.54) is 6.07 Å². The summed E-state index contributed by atoms with van der Waals surface area (Å²) in [6.07, 6.45) is 0. The molecular weight excluding hydrogens is 398 g/mol. The Bertz CT molecular complexity index is 519. The van der Waals surface area contributed by atoms with Crippen LogP contribution in [0.15, 0.2) is 12.1 Å². The molecule has 0 N–H and O–H groups in total. The van der Waals surface area contributed by atoms with Crippen molar-refractivity contribution in [3.05, 3.63) is 37.9 Å². The monoisotopic (exact) mass is 409 g/mol. The summed E-state index contributed by atoms with van der Waals surface area (Å²) in [5.74, 6) is 0. The largest absolute Gasteiger partial charge is 0.364 e. The third-order valence-electron chi connectivity index (χ3n) is 2.70. The van der Waals surface area contributed by atoms with Crippen LogP contribution in [0.1, 0.15) is 5.56 Å². The normalized spacial score (nSPS) is 10.3. The first-order valence-corrected chi connectivity index (χ1v) is 7.97. The minimum Gasteiger partial charge on any atom is -0.364 e. The van der Waals surface area contributed by atoms with Crippen LogP contribution >= 0.6 is 31.9 Å². The summed E-state index contributed by atoms with van der Waals surface area (Å²) in [5.41, 5.74) is 0.446. The molecule has 110 valence electrons. The van der Waals surface area contributed by atoms with Gasteiger partial charge < -0.3 is 4.90 Å². The Labute approximate surface area is 132 Å². The molecule has 0 bridgehead atoms. The predicted octanol–water partition coefficient (Wildman–Crippen LogP) is 3.41. The maximum atomic E-state index is 11.2. The number of hydrogen-bond acceptors (Lipinski definition) is 5. The SMILES string of the molecule is Cc1cc([N+](=O)[O-])cc([N+](=O)[O-])c1N(CCBr)CCBr. The summed E-state index contributed by atoms with van der Waals surface area (Å²) in [4.78, 5) is 22.6. The molecule has 20 heavy (non-hydrogen) atoms. The van der Waals surface area contributed by atoms with Crippen LogP contribution in [0.5, 0.6) is 0 Å². The van der Waals surface area contributed by atoms with Crippen molar-refractivity contribution in [2.45, 2.75) is 6.92 Å². The van der Waals surface area contributed by atoms with Crippen LogP contribution in [0.3, 0.4) is 0 Å². The standard InChI is InChI=1S/C11H13Br2N3O4/c1-8-6-9(15(17)18)7-10(16(19)20)11(8)14(4-2-12)5-3-13/h6-7H,2-5H2,1H3. The Balaban J connectivity index is 3.42. The lowest BCUT2D eigenvalue weighted by Crippen LogP contribution is -2.28. The van der Waals surface area contributed by atoms with Crippen molar-refractivity contribution in [2.75, 3.05) is 28.6 Å². The van der Waals surface area contributed by atoms with Crippen LogP contribution in [0.25, 0.3) is 0 Å². The number of benzene rings is 1. The summed E-state index contributed by atoms with van der Waals surface area (Å²) in [6.45, 7) is 2.79. The summed E-state index contributed by atoms with van der Waals surface area (Å²) in [7, 11) is 0. The number of hydrogen-bond donors (Lipinski definition) is 0. The lowest BCUT2D eigenvalue weighted by Gasteiger charge is -2.24. The molecule has 0 saturated heterocycles. The van der Waals surface area contributed by atoms with Gasteiger partial charge in [-0.3, -0.25) is 20.2 Å². The van der Waals surface area contributed by atoms with Crippen molar-refractivity contribution >= 4 is 48.9 Å². The van der Waals surface area contributed by atoms with Crippen LogP contribution in [0.2, 0.25) is 0 Å². The van der Waals surface area contributed by atoms with E-state index in [1.54, 1.807) is 6.92 Å². The Kier molecular flexibility index (Phi) is 6.34. The number of rotatable bonds is 7. The molecule has 0 radical (unpaired) electrons. The van der Waals surface area contributed by atoms with E-state index in [-0.39, 0.29) is 11.4 Å². The first-order chi connectivity index (χ1) is 9.42. The van der Waals surface area contributed by atoms with Crippen molar-refractivity contribution in [3.63, 3.8) is 0 Å². The summed E-state index contributed by atoms with van der Waals surface area (Å²) < 4.78 is 0. The maximum absolute atomic E-state index is 11.2. The molecule has 1 aromatic rings. The number of alkyl halides is 2. The molecule has 0 unspecified atom stereocenters. The van der Waals surface area contributed by atoms with Crippen LogP contribution in [-0.2, 0) is 0 Å². The highest BCUT2D eigenvalue weighted by atomic mass is 79.9. The average molecular weight is 411 g/mol. The second-order valence-electron chi connectivity index (χ2n) is 4.01. The molecule has 0 aliphatic rings. The smallest absolute Gasteiger partial charge is 0.299 e. The topological polar surface area (TPSA) is 89.5 Å². The number of nitro benzene ring substituents is 2. The van der Waals surface area contributed by atoms with Crippen molar-refractivity contribution in [1.29, 1.82) is 0 Å². The van der Waals surface area contributed by atoms with Gasteiger partial charge >= 0.3 is 0 Å². The van der Waals surface area contributed by atoms with E-state index >= 15 is 0 Å². The van der Waals surface area contributed by atoms with Gasteiger partial charge in [0.15, 0.2) is 0 Å². The van der Waals surface area contributed by atoms with E-state index in [9.17, 15) is 20.2 Å². The molecule has 0 heterocycles. The van der Waals surface area contributed by atoms with Crippen LogP contribution in [0, 0.1) is 27.2 Å². The molecule has 7 nitrogen and oxygen atoms in total. The van der Waals surface area contributed by atoms with Crippen molar-refractivity contribution in [2.24, 2.45) is 0 Å². The molecule has 1 aromatic carbocycles. The molecule has 0 aliphatic heterocycles. The van der Waals surface area contributed by atoms with Gasteiger partial charge in [-0.15, -0.1) is 0 Å². The lowest BCUT2D eigenvalue weighted by molar-refractivity contribution is -0.393. The second kappa shape index (κ2) is 7.53. The number of aryl methyl sites for hydroxylation is 1. The zero-order valence-corrected chi connectivity index (χ0v) is 13.9. The number of nitrogens with zero attached hydrogens (tertiary/aromatic N) is 3. The Morgan fingerprint density at radius 2 is 1.65 bits per heavy atom. The molecule has 0 aliphatic carbocycles. The number of non-ortho nitro benzene ring substituents is 1. The van der Waals surface area contributed by atoms with Gasteiger partial charge in [-0.2, -0.15) is 0 Å². The number of nitro groups is 2. The van der Waals surface area contributed by atoms with Crippen LogP contribution < -0.4 is 4.90 Å². The fourth-order valence-corrected chi connectivity index (χ4v) is 2.79. The Morgan fingerprint density at radius 3 is 2.05 bits per heavy atom. The van der Waals surface area contributed by atoms with Crippen molar-refractivity contribution < 1.29 is 9.85 Å². The average Bonchev–Trinajstić information content (AvgIpc) is 2.37. The molecule has 0 atom stereocenters. The molecular formula is C11H13Br2N3O4. The lowest BCUT2D eigenvalue weighted by atomic mass is 10.1. The van der Waals surface area contributed by atoms with Gasteiger partial charge in [0.2, 0.25) is 0 Å². The first-order valence-electron chi connectivity index (χ1n) is 5.72. The van der Waals surface area contributed by atoms with E-state index in [1.807, 2.05) is 4.90 Å². The molecule has 0 saturated carbocycles. The van der Waals surface area contributed by atoms with Gasteiger partial charge in [-0.1, -0.05) is 31.9 Å². The van der Waals surface area contributed by atoms with E-state index in [2.05, 4.69) is 31.9 Å². The zero-order chi connectivity index (χ0) is 15.3. The first kappa shape index (κ1) is 16.8. The van der Waals surface area contributed by atoms with Gasteiger partial charge in [0, 0.05) is 29.8 Å². The van der Waals surface area contributed by atoms with E-state index < -0.39 is 9.85 Å². The third-order valence-corrected chi connectivity index (χ3v) is 3.41. The molecule has 0 spiro atoms. The van der Waals surface area contributed by atoms with E-state index in [0.29, 0.717) is 35.0 Å². The van der Waals surface area contributed by atoms with Gasteiger partial charge in [0.25, 0.3) is 11.4 Å². The van der Waals surface area contributed by atoms with Crippen LogP contribution in [-0.4, -0.2) is 33.6 Å². The molecule has 1 rings (SSSR count). The van der Waals surface area contributed by atoms with E-state index in [4.69, 9.17) is 0 Å². The quantitative estimate of drug-likeness (QED) is 0.390. The second-order valence-corrected chi connectivity index (χ2v) is 5.60. The van der Waals surface area contributed by atoms with Gasteiger partial charge in [-0.25, -0.2) is 0 Å². The van der Waals surface area contributed by atoms with Crippen LogP contribution in [0.4, 0.5) is 17.1 Å². The molecule has 9 heteroatoms. The van der Waals surface area contributed by atoms with Crippen molar-refractivity contribution in [3.8, 4) is 0 Å². The Morgan fingerprint density at radius 1 is 1.10 bits per heavy atom. The fraction of sp³-hybridized carbons (Fsp3) is 0.455. The molecule has 0 fully saturated rings. The number of anilines is 1.